The third kappa shape index (κ3) is 2.25. The lowest BCUT2D eigenvalue weighted by Crippen LogP contribution is -2.36. The molecule has 0 bridgehead atoms. The first-order chi connectivity index (χ1) is 7.82. The Morgan fingerprint density at radius 2 is 1.94 bits per heavy atom. The molecule has 1 aromatic rings. The fourth-order valence-corrected chi connectivity index (χ4v) is 2.85. The topological polar surface area (TPSA) is 38.0 Å². The van der Waals surface area contributed by atoms with Crippen LogP contribution in [0.2, 0.25) is 0 Å². The zero-order chi connectivity index (χ0) is 12.8. The Morgan fingerprint density at radius 1 is 1.29 bits per heavy atom. The van der Waals surface area contributed by atoms with E-state index in [0.717, 1.165) is 25.0 Å². The van der Waals surface area contributed by atoms with Crippen molar-refractivity contribution in [3.63, 3.8) is 0 Å². The minimum atomic E-state index is -0.250. The van der Waals surface area contributed by atoms with Crippen LogP contribution >= 0.6 is 0 Å². The SMILES string of the molecule is Cc1nn(C2CC(C)(C)CCC2O)c(C)c1C. The van der Waals surface area contributed by atoms with Gasteiger partial charge in [-0.05, 0) is 51.0 Å². The lowest BCUT2D eigenvalue weighted by molar-refractivity contribution is 0.0217. The maximum absolute atomic E-state index is 10.2. The molecule has 0 radical (unpaired) electrons. The molecule has 2 unspecified atom stereocenters. The number of nitrogens with zero attached hydrogens (tertiary/aromatic N) is 2. The Balaban J connectivity index is 2.34. The minimum absolute atomic E-state index is 0.145. The average Bonchev–Trinajstić information content (AvgIpc) is 2.50. The van der Waals surface area contributed by atoms with E-state index in [1.807, 2.05) is 6.92 Å². The molecule has 2 atom stereocenters. The summed E-state index contributed by atoms with van der Waals surface area (Å²) in [6.07, 6.45) is 2.74. The Kier molecular flexibility index (Phi) is 3.06. The number of rotatable bonds is 1. The van der Waals surface area contributed by atoms with Gasteiger partial charge in [-0.3, -0.25) is 4.68 Å². The van der Waals surface area contributed by atoms with Crippen molar-refractivity contribution >= 4 is 0 Å². The van der Waals surface area contributed by atoms with Crippen LogP contribution in [0.25, 0.3) is 0 Å². The zero-order valence-electron chi connectivity index (χ0n) is 11.6. The molecule has 0 aliphatic heterocycles. The van der Waals surface area contributed by atoms with Gasteiger partial charge in [0.25, 0.3) is 0 Å². The summed E-state index contributed by atoms with van der Waals surface area (Å²) >= 11 is 0. The van der Waals surface area contributed by atoms with Gasteiger partial charge in [-0.25, -0.2) is 0 Å². The highest BCUT2D eigenvalue weighted by Gasteiger charge is 2.36. The van der Waals surface area contributed by atoms with Gasteiger partial charge in [0, 0.05) is 5.69 Å². The molecule has 2 rings (SSSR count). The van der Waals surface area contributed by atoms with E-state index in [4.69, 9.17) is 0 Å². The molecule has 3 heteroatoms. The average molecular weight is 236 g/mol. The third-order valence-electron chi connectivity index (χ3n) is 4.32. The highest BCUT2D eigenvalue weighted by molar-refractivity contribution is 5.23. The molecule has 3 nitrogen and oxygen atoms in total. The van der Waals surface area contributed by atoms with Gasteiger partial charge in [0.1, 0.15) is 0 Å². The molecule has 1 aliphatic rings. The minimum Gasteiger partial charge on any atom is -0.391 e. The van der Waals surface area contributed by atoms with Crippen molar-refractivity contribution in [2.75, 3.05) is 0 Å². The summed E-state index contributed by atoms with van der Waals surface area (Å²) in [7, 11) is 0. The third-order valence-corrected chi connectivity index (χ3v) is 4.32. The number of aromatic nitrogens is 2. The highest BCUT2D eigenvalue weighted by atomic mass is 16.3. The molecular weight excluding hydrogens is 212 g/mol. The van der Waals surface area contributed by atoms with Crippen LogP contribution in [0.4, 0.5) is 0 Å². The summed E-state index contributed by atoms with van der Waals surface area (Å²) in [4.78, 5) is 0. The molecule has 0 aromatic carbocycles. The fraction of sp³-hybridized carbons (Fsp3) is 0.786. The number of hydrogen-bond donors (Lipinski definition) is 1. The van der Waals surface area contributed by atoms with Crippen LogP contribution < -0.4 is 0 Å². The van der Waals surface area contributed by atoms with E-state index in [-0.39, 0.29) is 12.1 Å². The van der Waals surface area contributed by atoms with Crippen molar-refractivity contribution in [1.82, 2.24) is 9.78 Å². The molecule has 1 heterocycles. The van der Waals surface area contributed by atoms with Crippen molar-refractivity contribution in [3.05, 3.63) is 17.0 Å². The molecule has 1 saturated carbocycles. The fourth-order valence-electron chi connectivity index (χ4n) is 2.85. The predicted molar refractivity (Wildman–Crippen MR) is 69.1 cm³/mol. The molecular formula is C14H24N2O. The van der Waals surface area contributed by atoms with Crippen molar-refractivity contribution < 1.29 is 5.11 Å². The number of aryl methyl sites for hydroxylation is 1. The largest absolute Gasteiger partial charge is 0.391 e. The Labute approximate surface area is 104 Å². The highest BCUT2D eigenvalue weighted by Crippen LogP contribution is 2.41. The standard InChI is InChI=1S/C14H24N2O/c1-9-10(2)15-16(11(9)3)12-8-14(4,5)7-6-13(12)17/h12-13,17H,6-8H2,1-5H3. The molecule has 1 N–H and O–H groups in total. The Morgan fingerprint density at radius 3 is 2.47 bits per heavy atom. The molecule has 0 spiro atoms. The van der Waals surface area contributed by atoms with Gasteiger partial charge in [-0.15, -0.1) is 0 Å². The molecule has 0 saturated heterocycles. The van der Waals surface area contributed by atoms with Crippen LogP contribution in [0.5, 0.6) is 0 Å². The molecule has 17 heavy (non-hydrogen) atoms. The maximum Gasteiger partial charge on any atom is 0.0786 e. The van der Waals surface area contributed by atoms with Gasteiger partial charge in [0.2, 0.25) is 0 Å². The second kappa shape index (κ2) is 4.13. The van der Waals surface area contributed by atoms with E-state index in [1.54, 1.807) is 0 Å². The zero-order valence-corrected chi connectivity index (χ0v) is 11.6. The summed E-state index contributed by atoms with van der Waals surface area (Å²) in [5, 5.41) is 14.8. The first kappa shape index (κ1) is 12.6. The first-order valence-corrected chi connectivity index (χ1v) is 6.52. The van der Waals surface area contributed by atoms with E-state index in [1.165, 1.54) is 11.3 Å². The molecule has 96 valence electrons. The van der Waals surface area contributed by atoms with E-state index < -0.39 is 0 Å². The van der Waals surface area contributed by atoms with Crippen LogP contribution in [0.15, 0.2) is 0 Å². The molecule has 1 aromatic heterocycles. The summed E-state index contributed by atoms with van der Waals surface area (Å²) in [5.41, 5.74) is 3.84. The van der Waals surface area contributed by atoms with E-state index >= 15 is 0 Å². The first-order valence-electron chi connectivity index (χ1n) is 6.52. The molecule has 1 aliphatic carbocycles. The van der Waals surface area contributed by atoms with E-state index in [9.17, 15) is 5.11 Å². The van der Waals surface area contributed by atoms with Gasteiger partial charge in [0.15, 0.2) is 0 Å². The number of aliphatic hydroxyl groups is 1. The van der Waals surface area contributed by atoms with Crippen molar-refractivity contribution in [2.45, 2.75) is 66.0 Å². The maximum atomic E-state index is 10.2. The summed E-state index contributed by atoms with van der Waals surface area (Å²) in [6, 6.07) is 0.145. The summed E-state index contributed by atoms with van der Waals surface area (Å²) in [5.74, 6) is 0. The van der Waals surface area contributed by atoms with E-state index in [0.29, 0.717) is 5.41 Å². The monoisotopic (exact) mass is 236 g/mol. The van der Waals surface area contributed by atoms with Gasteiger partial charge in [-0.2, -0.15) is 5.10 Å². The molecule has 0 amide bonds. The second-order valence-electron chi connectivity index (χ2n) is 6.28. The number of aliphatic hydroxyl groups excluding tert-OH is 1. The normalized spacial score (nSPS) is 28.4. The lowest BCUT2D eigenvalue weighted by Gasteiger charge is -2.39. The van der Waals surface area contributed by atoms with Gasteiger partial charge < -0.3 is 5.11 Å². The smallest absolute Gasteiger partial charge is 0.0786 e. The van der Waals surface area contributed by atoms with Gasteiger partial charge in [-0.1, -0.05) is 13.8 Å². The summed E-state index contributed by atoms with van der Waals surface area (Å²) < 4.78 is 2.05. The van der Waals surface area contributed by atoms with Crippen molar-refractivity contribution in [3.8, 4) is 0 Å². The van der Waals surface area contributed by atoms with Crippen molar-refractivity contribution in [1.29, 1.82) is 0 Å². The quantitative estimate of drug-likeness (QED) is 0.814. The van der Waals surface area contributed by atoms with Gasteiger partial charge in [0.05, 0.1) is 17.8 Å². The Hall–Kier alpha value is -0.830. The molecule has 1 fully saturated rings. The van der Waals surface area contributed by atoms with Crippen LogP contribution in [0.1, 0.15) is 56.1 Å². The van der Waals surface area contributed by atoms with Crippen LogP contribution in [-0.2, 0) is 0 Å². The Bertz CT molecular complexity index is 420. The van der Waals surface area contributed by atoms with Crippen LogP contribution in [0, 0.1) is 26.2 Å². The summed E-state index contributed by atoms with van der Waals surface area (Å²) in [6.45, 7) is 10.8. The second-order valence-corrected chi connectivity index (χ2v) is 6.28. The predicted octanol–water partition coefficient (Wildman–Crippen LogP) is 2.92. The van der Waals surface area contributed by atoms with Gasteiger partial charge >= 0.3 is 0 Å². The number of hydrogen-bond acceptors (Lipinski definition) is 2. The van der Waals surface area contributed by atoms with Crippen LogP contribution in [0.3, 0.4) is 0 Å². The van der Waals surface area contributed by atoms with Crippen LogP contribution in [-0.4, -0.2) is 21.0 Å². The lowest BCUT2D eigenvalue weighted by atomic mass is 9.74. The van der Waals surface area contributed by atoms with E-state index in [2.05, 4.69) is 37.5 Å². The van der Waals surface area contributed by atoms with Crippen molar-refractivity contribution in [2.24, 2.45) is 5.41 Å².